The van der Waals surface area contributed by atoms with Gasteiger partial charge in [-0.1, -0.05) is 59.7 Å². The van der Waals surface area contributed by atoms with Crippen molar-refractivity contribution in [3.63, 3.8) is 0 Å². The molecule has 2 aromatic carbocycles. The minimum absolute atomic E-state index is 0.108. The number of hydrogen-bond acceptors (Lipinski definition) is 2. The quantitative estimate of drug-likeness (QED) is 0.409. The Bertz CT molecular complexity index is 836. The lowest BCUT2D eigenvalue weighted by molar-refractivity contribution is -0.274. The molecule has 2 fully saturated rings. The third-order valence-corrected chi connectivity index (χ3v) is 5.21. The first-order chi connectivity index (χ1) is 16.1. The van der Waals surface area contributed by atoms with Gasteiger partial charge in [0.15, 0.2) is 0 Å². The molecule has 2 aromatic rings. The van der Waals surface area contributed by atoms with Gasteiger partial charge in [-0.25, -0.2) is 0 Å². The van der Waals surface area contributed by atoms with Crippen LogP contribution in [0.5, 0.6) is 11.5 Å². The van der Waals surface area contributed by atoms with Crippen LogP contribution in [0.25, 0.3) is 0 Å². The summed E-state index contributed by atoms with van der Waals surface area (Å²) in [4.78, 5) is 0. The molecule has 2 nitrogen and oxygen atoms in total. The number of ether oxygens (including phenoxy) is 2. The van der Waals surface area contributed by atoms with E-state index < -0.39 is 6.36 Å². The summed E-state index contributed by atoms with van der Waals surface area (Å²) in [5.74, 6) is 2.47. The smallest absolute Gasteiger partial charge is 0.491 e. The van der Waals surface area contributed by atoms with E-state index in [1.807, 2.05) is 47.6 Å². The zero-order valence-corrected chi connectivity index (χ0v) is 22.1. The SMILES string of the molecule is CC.CC.CC(C)Oc1cccc(C2CC2)c1.CC(C)c1ccc(OC(F)(F)F)cc1C1CC1. The topological polar surface area (TPSA) is 18.5 Å². The summed E-state index contributed by atoms with van der Waals surface area (Å²) < 4.78 is 46.0. The maximum atomic E-state index is 12.1. The fraction of sp³-hybridized carbons (Fsp3) is 0.586. The van der Waals surface area contributed by atoms with Gasteiger partial charge in [-0.2, -0.15) is 0 Å². The van der Waals surface area contributed by atoms with Gasteiger partial charge in [-0.05, 0) is 98.2 Å². The third-order valence-electron chi connectivity index (χ3n) is 5.21. The molecule has 2 aliphatic carbocycles. The van der Waals surface area contributed by atoms with Crippen molar-refractivity contribution in [1.29, 1.82) is 0 Å². The standard InChI is InChI=1S/C13H15F3O.C12H16O.2C2H6/c1-8(2)11-6-5-10(17-13(14,15)16)7-12(11)9-3-4-9;1-9(2)13-12-5-3-4-11(8-12)10-6-7-10;2*1-2/h5-9H,3-4H2,1-2H3;3-5,8-10H,6-7H2,1-2H3;2*1-2H3. The van der Waals surface area contributed by atoms with Gasteiger partial charge in [0.25, 0.3) is 0 Å². The van der Waals surface area contributed by atoms with Crippen LogP contribution in [-0.2, 0) is 0 Å². The molecule has 5 heteroatoms. The van der Waals surface area contributed by atoms with Crippen LogP contribution in [0.3, 0.4) is 0 Å². The van der Waals surface area contributed by atoms with E-state index in [2.05, 4.69) is 36.8 Å². The van der Waals surface area contributed by atoms with Crippen LogP contribution in [0.1, 0.15) is 116 Å². The van der Waals surface area contributed by atoms with Crippen LogP contribution in [0, 0.1) is 0 Å². The van der Waals surface area contributed by atoms with Crippen molar-refractivity contribution in [2.75, 3.05) is 0 Å². The fourth-order valence-corrected chi connectivity index (χ4v) is 3.55. The van der Waals surface area contributed by atoms with Gasteiger partial charge in [-0.3, -0.25) is 0 Å². The minimum atomic E-state index is -4.61. The average molecular weight is 481 g/mol. The maximum Gasteiger partial charge on any atom is 0.573 e. The Hall–Kier alpha value is -2.17. The van der Waals surface area contributed by atoms with Crippen LogP contribution in [0.4, 0.5) is 13.2 Å². The zero-order chi connectivity index (χ0) is 25.9. The summed E-state index contributed by atoms with van der Waals surface area (Å²) in [6, 6.07) is 13.2. The van der Waals surface area contributed by atoms with E-state index in [0.29, 0.717) is 11.8 Å². The number of hydrogen-bond donors (Lipinski definition) is 0. The molecule has 0 amide bonds. The van der Waals surface area contributed by atoms with Crippen molar-refractivity contribution in [3.8, 4) is 11.5 Å². The Morgan fingerprint density at radius 2 is 1.35 bits per heavy atom. The Kier molecular flexibility index (Phi) is 12.5. The summed E-state index contributed by atoms with van der Waals surface area (Å²) >= 11 is 0. The molecule has 2 aliphatic rings. The van der Waals surface area contributed by atoms with Crippen molar-refractivity contribution in [1.82, 2.24) is 0 Å². The highest BCUT2D eigenvalue weighted by molar-refractivity contribution is 5.41. The normalized spacial score (nSPS) is 14.7. The Morgan fingerprint density at radius 1 is 0.765 bits per heavy atom. The Balaban J connectivity index is 0.000000304. The van der Waals surface area contributed by atoms with Gasteiger partial charge in [-0.15, -0.1) is 13.2 Å². The molecule has 0 aromatic heterocycles. The van der Waals surface area contributed by atoms with Gasteiger partial charge in [0.1, 0.15) is 11.5 Å². The molecular formula is C29H43F3O2. The van der Waals surface area contributed by atoms with Crippen LogP contribution < -0.4 is 9.47 Å². The van der Waals surface area contributed by atoms with Crippen molar-refractivity contribution in [2.24, 2.45) is 0 Å². The predicted molar refractivity (Wildman–Crippen MR) is 136 cm³/mol. The van der Waals surface area contributed by atoms with Crippen LogP contribution in [0.15, 0.2) is 42.5 Å². The van der Waals surface area contributed by atoms with E-state index >= 15 is 0 Å². The third kappa shape index (κ3) is 10.8. The van der Waals surface area contributed by atoms with Gasteiger partial charge in [0.05, 0.1) is 6.10 Å². The summed E-state index contributed by atoms with van der Waals surface area (Å²) in [6.07, 6.45) is 0.496. The summed E-state index contributed by atoms with van der Waals surface area (Å²) in [5.41, 5.74) is 3.59. The Morgan fingerprint density at radius 3 is 1.82 bits per heavy atom. The number of alkyl halides is 3. The highest BCUT2D eigenvalue weighted by Crippen LogP contribution is 2.45. The minimum Gasteiger partial charge on any atom is -0.491 e. The van der Waals surface area contributed by atoms with Crippen molar-refractivity contribution in [2.45, 2.75) is 111 Å². The molecule has 0 unspecified atom stereocenters. The van der Waals surface area contributed by atoms with Gasteiger partial charge < -0.3 is 9.47 Å². The number of rotatable bonds is 6. The molecule has 0 aliphatic heterocycles. The molecule has 0 spiro atoms. The largest absolute Gasteiger partial charge is 0.573 e. The molecule has 0 radical (unpaired) electrons. The van der Waals surface area contributed by atoms with Gasteiger partial charge >= 0.3 is 6.36 Å². The molecule has 2 saturated carbocycles. The first kappa shape index (κ1) is 29.9. The first-order valence-corrected chi connectivity index (χ1v) is 12.8. The van der Waals surface area contributed by atoms with E-state index in [4.69, 9.17) is 4.74 Å². The fourth-order valence-electron chi connectivity index (χ4n) is 3.55. The van der Waals surface area contributed by atoms with Crippen LogP contribution >= 0.6 is 0 Å². The summed E-state index contributed by atoms with van der Waals surface area (Å²) in [5, 5.41) is 0. The second kappa shape index (κ2) is 14.3. The van der Waals surface area contributed by atoms with E-state index in [0.717, 1.165) is 35.6 Å². The van der Waals surface area contributed by atoms with Crippen LogP contribution in [0.2, 0.25) is 0 Å². The van der Waals surface area contributed by atoms with Crippen molar-refractivity contribution < 1.29 is 22.6 Å². The lowest BCUT2D eigenvalue weighted by Crippen LogP contribution is -2.17. The molecule has 0 heterocycles. The van der Waals surface area contributed by atoms with E-state index in [9.17, 15) is 13.2 Å². The van der Waals surface area contributed by atoms with Gasteiger partial charge in [0, 0.05) is 0 Å². The highest BCUT2D eigenvalue weighted by Gasteiger charge is 2.33. The zero-order valence-electron chi connectivity index (χ0n) is 22.1. The summed E-state index contributed by atoms with van der Waals surface area (Å²) in [6.45, 7) is 16.2. The molecule has 0 atom stereocenters. The second-order valence-corrected chi connectivity index (χ2v) is 8.78. The molecule has 192 valence electrons. The van der Waals surface area contributed by atoms with E-state index in [1.165, 1.54) is 24.5 Å². The van der Waals surface area contributed by atoms with Gasteiger partial charge in [0.2, 0.25) is 0 Å². The molecule has 34 heavy (non-hydrogen) atoms. The number of halogens is 3. The Labute approximate surface area is 204 Å². The molecule has 0 saturated heterocycles. The first-order valence-electron chi connectivity index (χ1n) is 12.8. The lowest BCUT2D eigenvalue weighted by Gasteiger charge is -2.15. The van der Waals surface area contributed by atoms with Crippen LogP contribution in [-0.4, -0.2) is 12.5 Å². The van der Waals surface area contributed by atoms with Crippen molar-refractivity contribution >= 4 is 0 Å². The highest BCUT2D eigenvalue weighted by atomic mass is 19.4. The molecular weight excluding hydrogens is 437 g/mol. The van der Waals surface area contributed by atoms with E-state index in [-0.39, 0.29) is 11.9 Å². The molecule has 0 bridgehead atoms. The molecule has 0 N–H and O–H groups in total. The lowest BCUT2D eigenvalue weighted by atomic mass is 9.94. The molecule has 4 rings (SSSR count). The monoisotopic (exact) mass is 480 g/mol. The summed E-state index contributed by atoms with van der Waals surface area (Å²) in [7, 11) is 0. The van der Waals surface area contributed by atoms with Crippen molar-refractivity contribution in [3.05, 3.63) is 59.2 Å². The maximum absolute atomic E-state index is 12.1. The predicted octanol–water partition coefficient (Wildman–Crippen LogP) is 9.99. The number of benzene rings is 2. The second-order valence-electron chi connectivity index (χ2n) is 8.78. The average Bonchev–Trinajstić information content (AvgIpc) is 3.69. The van der Waals surface area contributed by atoms with E-state index in [1.54, 1.807) is 12.1 Å².